The van der Waals surface area contributed by atoms with Crippen LogP contribution >= 0.6 is 23.8 Å². The van der Waals surface area contributed by atoms with Crippen LogP contribution < -0.4 is 20.9 Å². The Labute approximate surface area is 122 Å². The number of carbonyl (C=O) groups is 1. The van der Waals surface area contributed by atoms with Crippen LogP contribution in [-0.2, 0) is 4.79 Å². The Hall–Kier alpha value is -1.53. The Bertz CT molecular complexity index is 482. The minimum atomic E-state index is -0.702. The van der Waals surface area contributed by atoms with Crippen LogP contribution in [-0.4, -0.2) is 24.2 Å². The molecule has 1 rings (SSSR count). The third kappa shape index (κ3) is 4.92. The Balaban J connectivity index is 2.58. The van der Waals surface area contributed by atoms with Crippen molar-refractivity contribution in [1.82, 2.24) is 16.2 Å². The summed E-state index contributed by atoms with van der Waals surface area (Å²) in [5.74, 6) is 0.121. The Kier molecular flexibility index (Phi) is 5.85. The molecule has 0 aromatic heterocycles. The molecule has 0 aliphatic heterocycles. The number of ether oxygens (including phenoxy) is 1. The average molecular weight is 302 g/mol. The van der Waals surface area contributed by atoms with E-state index in [4.69, 9.17) is 28.6 Å². The first-order valence-electron chi connectivity index (χ1n) is 5.64. The molecule has 3 N–H and O–H groups in total. The van der Waals surface area contributed by atoms with E-state index in [2.05, 4.69) is 16.2 Å². The van der Waals surface area contributed by atoms with Gasteiger partial charge in [-0.25, -0.2) is 0 Å². The van der Waals surface area contributed by atoms with Crippen molar-refractivity contribution < 1.29 is 9.53 Å². The van der Waals surface area contributed by atoms with Gasteiger partial charge in [-0.15, -0.1) is 0 Å². The zero-order valence-electron chi connectivity index (χ0n) is 10.9. The summed E-state index contributed by atoms with van der Waals surface area (Å²) in [6.45, 7) is 3.54. The molecule has 0 bridgehead atoms. The Morgan fingerprint density at radius 1 is 1.42 bits per heavy atom. The highest BCUT2D eigenvalue weighted by molar-refractivity contribution is 7.80. The summed E-state index contributed by atoms with van der Waals surface area (Å²) in [6, 6.07) is 5.37. The van der Waals surface area contributed by atoms with Gasteiger partial charge in [0.25, 0.3) is 5.91 Å². The number of hydrogen-bond donors (Lipinski definition) is 3. The van der Waals surface area contributed by atoms with Gasteiger partial charge in [0.15, 0.2) is 11.2 Å². The predicted molar refractivity (Wildman–Crippen MR) is 79.2 cm³/mol. The first-order chi connectivity index (χ1) is 8.93. The largest absolute Gasteiger partial charge is 0.479 e. The fourth-order valence-electron chi connectivity index (χ4n) is 1.23. The van der Waals surface area contributed by atoms with Crippen molar-refractivity contribution in [3.63, 3.8) is 0 Å². The minimum Gasteiger partial charge on any atom is -0.479 e. The lowest BCUT2D eigenvalue weighted by Gasteiger charge is -2.16. The second-order valence-electron chi connectivity index (χ2n) is 3.89. The van der Waals surface area contributed by atoms with E-state index in [0.29, 0.717) is 15.9 Å². The summed E-state index contributed by atoms with van der Waals surface area (Å²) < 4.78 is 5.51. The number of halogens is 1. The van der Waals surface area contributed by atoms with Crippen LogP contribution in [0.3, 0.4) is 0 Å². The third-order valence-electron chi connectivity index (χ3n) is 2.29. The van der Waals surface area contributed by atoms with Gasteiger partial charge in [-0.05, 0) is 43.8 Å². The number of aryl methyl sites for hydroxylation is 1. The zero-order chi connectivity index (χ0) is 14.4. The summed E-state index contributed by atoms with van der Waals surface area (Å²) in [5.41, 5.74) is 5.96. The molecule has 1 atom stereocenters. The second-order valence-corrected chi connectivity index (χ2v) is 4.70. The Morgan fingerprint density at radius 3 is 2.74 bits per heavy atom. The zero-order valence-corrected chi connectivity index (χ0v) is 12.5. The monoisotopic (exact) mass is 301 g/mol. The van der Waals surface area contributed by atoms with Gasteiger partial charge in [0.2, 0.25) is 0 Å². The highest BCUT2D eigenvalue weighted by atomic mass is 35.5. The van der Waals surface area contributed by atoms with Crippen molar-refractivity contribution >= 4 is 34.8 Å². The summed E-state index contributed by atoms with van der Waals surface area (Å²) in [4.78, 5) is 11.7. The van der Waals surface area contributed by atoms with E-state index in [-0.39, 0.29) is 5.91 Å². The number of carbonyl (C=O) groups excluding carboxylic acids is 1. The molecule has 0 saturated carbocycles. The fraction of sp³-hybridized carbons (Fsp3) is 0.333. The molecule has 104 valence electrons. The van der Waals surface area contributed by atoms with E-state index in [0.717, 1.165) is 5.56 Å². The van der Waals surface area contributed by atoms with Crippen LogP contribution in [0.1, 0.15) is 12.5 Å². The lowest BCUT2D eigenvalue weighted by atomic mass is 10.2. The maximum absolute atomic E-state index is 11.7. The van der Waals surface area contributed by atoms with E-state index in [1.807, 2.05) is 13.0 Å². The van der Waals surface area contributed by atoms with E-state index >= 15 is 0 Å². The number of benzene rings is 1. The molecule has 0 aliphatic rings. The molecule has 0 aliphatic carbocycles. The average Bonchev–Trinajstić information content (AvgIpc) is 2.39. The van der Waals surface area contributed by atoms with Crippen molar-refractivity contribution in [2.75, 3.05) is 7.05 Å². The second kappa shape index (κ2) is 7.16. The van der Waals surface area contributed by atoms with Crippen molar-refractivity contribution in [1.29, 1.82) is 0 Å². The molecule has 1 unspecified atom stereocenters. The summed E-state index contributed by atoms with van der Waals surface area (Å²) in [6.07, 6.45) is -0.702. The van der Waals surface area contributed by atoms with Crippen LogP contribution in [0.4, 0.5) is 0 Å². The summed E-state index contributed by atoms with van der Waals surface area (Å²) >= 11 is 10.8. The number of hydrazine groups is 1. The van der Waals surface area contributed by atoms with Crippen LogP contribution in [0.5, 0.6) is 5.75 Å². The topological polar surface area (TPSA) is 62.4 Å². The molecule has 0 heterocycles. The molecule has 1 aromatic carbocycles. The SMILES string of the molecule is CNC(=S)NNC(=O)C(C)Oc1cc(C)ccc1Cl. The number of thiocarbonyl (C=S) groups is 1. The molecular formula is C12H16ClN3O2S. The molecule has 1 aromatic rings. The first-order valence-corrected chi connectivity index (χ1v) is 6.43. The molecule has 7 heteroatoms. The van der Waals surface area contributed by atoms with E-state index < -0.39 is 6.10 Å². The van der Waals surface area contributed by atoms with E-state index in [9.17, 15) is 4.79 Å². The molecule has 19 heavy (non-hydrogen) atoms. The summed E-state index contributed by atoms with van der Waals surface area (Å²) in [5, 5.41) is 3.45. The first kappa shape index (κ1) is 15.5. The molecule has 0 fully saturated rings. The molecule has 0 spiro atoms. The molecule has 0 saturated heterocycles. The van der Waals surface area contributed by atoms with Gasteiger partial charge in [-0.3, -0.25) is 15.6 Å². The molecule has 1 amide bonds. The molecular weight excluding hydrogens is 286 g/mol. The smallest absolute Gasteiger partial charge is 0.279 e. The molecule has 5 nitrogen and oxygen atoms in total. The maximum Gasteiger partial charge on any atom is 0.279 e. The van der Waals surface area contributed by atoms with Crippen LogP contribution in [0, 0.1) is 6.92 Å². The summed E-state index contributed by atoms with van der Waals surface area (Å²) in [7, 11) is 1.65. The normalized spacial score (nSPS) is 11.4. The molecule has 0 radical (unpaired) electrons. The Morgan fingerprint density at radius 2 is 2.11 bits per heavy atom. The number of amides is 1. The quantitative estimate of drug-likeness (QED) is 0.584. The van der Waals surface area contributed by atoms with Crippen LogP contribution in [0.2, 0.25) is 5.02 Å². The highest BCUT2D eigenvalue weighted by Gasteiger charge is 2.16. The van der Waals surface area contributed by atoms with Crippen molar-refractivity contribution in [3.05, 3.63) is 28.8 Å². The van der Waals surface area contributed by atoms with E-state index in [1.165, 1.54) is 0 Å². The van der Waals surface area contributed by atoms with Crippen molar-refractivity contribution in [2.45, 2.75) is 20.0 Å². The van der Waals surface area contributed by atoms with Gasteiger partial charge in [0.1, 0.15) is 5.75 Å². The lowest BCUT2D eigenvalue weighted by Crippen LogP contribution is -2.49. The van der Waals surface area contributed by atoms with Crippen LogP contribution in [0.15, 0.2) is 18.2 Å². The highest BCUT2D eigenvalue weighted by Crippen LogP contribution is 2.26. The fourth-order valence-corrected chi connectivity index (χ4v) is 1.44. The van der Waals surface area contributed by atoms with E-state index in [1.54, 1.807) is 26.1 Å². The van der Waals surface area contributed by atoms with Gasteiger partial charge in [0, 0.05) is 7.05 Å². The van der Waals surface area contributed by atoms with Gasteiger partial charge in [0.05, 0.1) is 5.02 Å². The predicted octanol–water partition coefficient (Wildman–Crippen LogP) is 1.54. The van der Waals surface area contributed by atoms with Crippen LogP contribution in [0.25, 0.3) is 0 Å². The van der Waals surface area contributed by atoms with Crippen molar-refractivity contribution in [3.8, 4) is 5.75 Å². The van der Waals surface area contributed by atoms with Gasteiger partial charge in [-0.1, -0.05) is 17.7 Å². The lowest BCUT2D eigenvalue weighted by molar-refractivity contribution is -0.127. The van der Waals surface area contributed by atoms with Gasteiger partial charge in [-0.2, -0.15) is 0 Å². The van der Waals surface area contributed by atoms with Crippen molar-refractivity contribution in [2.24, 2.45) is 0 Å². The third-order valence-corrected chi connectivity index (χ3v) is 2.90. The standard InChI is InChI=1S/C12H16ClN3O2S/c1-7-4-5-9(13)10(6-7)18-8(2)11(17)15-16-12(19)14-3/h4-6,8H,1-3H3,(H,15,17)(H2,14,16,19). The minimum absolute atomic E-state index is 0.314. The van der Waals surface area contributed by atoms with Gasteiger partial charge >= 0.3 is 0 Å². The number of rotatable bonds is 3. The number of hydrogen-bond acceptors (Lipinski definition) is 3. The number of nitrogens with one attached hydrogen (secondary N) is 3. The van der Waals surface area contributed by atoms with Gasteiger partial charge < -0.3 is 10.1 Å². The maximum atomic E-state index is 11.7.